The fourth-order valence-electron chi connectivity index (χ4n) is 0.863. The zero-order valence-electron chi connectivity index (χ0n) is 8.16. The highest BCUT2D eigenvalue weighted by molar-refractivity contribution is 6.25. The van der Waals surface area contributed by atoms with Crippen LogP contribution in [0.2, 0.25) is 0 Å². The number of rotatable bonds is 6. The van der Waals surface area contributed by atoms with Gasteiger partial charge in [0.1, 0.15) is 6.21 Å². The Labute approximate surface area is 78.4 Å². The van der Waals surface area contributed by atoms with Crippen LogP contribution in [0.5, 0.6) is 0 Å². The lowest BCUT2D eigenvalue weighted by molar-refractivity contribution is -0.114. The van der Waals surface area contributed by atoms with Crippen LogP contribution in [-0.4, -0.2) is 49.4 Å². The average Bonchev–Trinajstić information content (AvgIpc) is 2.03. The van der Waals surface area contributed by atoms with Crippen molar-refractivity contribution in [1.29, 1.82) is 0 Å². The predicted molar refractivity (Wildman–Crippen MR) is 51.1 cm³/mol. The van der Waals surface area contributed by atoms with Gasteiger partial charge in [-0.3, -0.25) is 4.79 Å². The molecule has 5 nitrogen and oxygen atoms in total. The zero-order valence-corrected chi connectivity index (χ0v) is 8.16. The molecule has 0 saturated heterocycles. The molecule has 0 bridgehead atoms. The van der Waals surface area contributed by atoms with Crippen LogP contribution in [-0.2, 0) is 4.79 Å². The lowest BCUT2D eigenvalue weighted by atomic mass is 10.3. The highest BCUT2D eigenvalue weighted by Gasteiger charge is 1.95. The van der Waals surface area contributed by atoms with Gasteiger partial charge in [-0.2, -0.15) is 0 Å². The first kappa shape index (κ1) is 11.9. The van der Waals surface area contributed by atoms with Crippen LogP contribution in [0.3, 0.4) is 0 Å². The first-order chi connectivity index (χ1) is 6.16. The third-order valence-corrected chi connectivity index (χ3v) is 1.51. The summed E-state index contributed by atoms with van der Waals surface area (Å²) >= 11 is 0. The summed E-state index contributed by atoms with van der Waals surface area (Å²) < 4.78 is 0. The van der Waals surface area contributed by atoms with Crippen LogP contribution in [0, 0.1) is 0 Å². The Morgan fingerprint density at radius 3 is 2.77 bits per heavy atom. The average molecular weight is 187 g/mol. The Hall–Kier alpha value is -1.10. The molecule has 0 aliphatic carbocycles. The van der Waals surface area contributed by atoms with E-state index in [-0.39, 0.29) is 5.91 Å². The van der Waals surface area contributed by atoms with Gasteiger partial charge in [0.2, 0.25) is 0 Å². The molecule has 0 aromatic carbocycles. The van der Waals surface area contributed by atoms with Crippen molar-refractivity contribution in [2.45, 2.75) is 12.8 Å². The Morgan fingerprint density at radius 2 is 2.23 bits per heavy atom. The van der Waals surface area contributed by atoms with Crippen molar-refractivity contribution in [3.05, 3.63) is 0 Å². The zero-order chi connectivity index (χ0) is 10.1. The van der Waals surface area contributed by atoms with E-state index in [1.165, 1.54) is 0 Å². The van der Waals surface area contributed by atoms with Crippen LogP contribution in [0.25, 0.3) is 0 Å². The summed E-state index contributed by atoms with van der Waals surface area (Å²) in [6.07, 6.45) is 2.83. The molecule has 0 saturated carbocycles. The van der Waals surface area contributed by atoms with E-state index in [0.29, 0.717) is 6.54 Å². The number of hydrogen-bond acceptors (Lipinski definition) is 4. The van der Waals surface area contributed by atoms with E-state index in [9.17, 15) is 4.79 Å². The predicted octanol–water partition coefficient (Wildman–Crippen LogP) is -0.0956. The SMILES string of the molecule is CN(C)CCCCNC(=O)/C=N\O. The molecule has 0 aliphatic heterocycles. The standard InChI is InChI=1S/C8H17N3O2/c1-11(2)6-4-3-5-9-8(12)7-10-13/h7,13H,3-6H2,1-2H3,(H,9,12)/b10-7-. The molecule has 2 N–H and O–H groups in total. The number of carbonyl (C=O) groups is 1. The van der Waals surface area contributed by atoms with Crippen molar-refractivity contribution in [1.82, 2.24) is 10.2 Å². The van der Waals surface area contributed by atoms with Gasteiger partial charge in [-0.1, -0.05) is 5.16 Å². The monoisotopic (exact) mass is 187 g/mol. The molecule has 5 heteroatoms. The lowest BCUT2D eigenvalue weighted by Crippen LogP contribution is -2.26. The number of carbonyl (C=O) groups excluding carboxylic acids is 1. The second-order valence-electron chi connectivity index (χ2n) is 3.05. The minimum atomic E-state index is -0.354. The summed E-state index contributed by atoms with van der Waals surface area (Å²) in [6, 6.07) is 0. The van der Waals surface area contributed by atoms with Gasteiger partial charge >= 0.3 is 0 Å². The van der Waals surface area contributed by atoms with Gasteiger partial charge in [-0.25, -0.2) is 0 Å². The molecule has 13 heavy (non-hydrogen) atoms. The molecule has 0 spiro atoms. The summed E-state index contributed by atoms with van der Waals surface area (Å²) in [4.78, 5) is 12.8. The van der Waals surface area contributed by atoms with Crippen LogP contribution in [0.15, 0.2) is 5.16 Å². The molecule has 0 unspecified atom stereocenters. The van der Waals surface area contributed by atoms with Crippen molar-refractivity contribution < 1.29 is 10.0 Å². The first-order valence-corrected chi connectivity index (χ1v) is 4.27. The maximum absolute atomic E-state index is 10.7. The van der Waals surface area contributed by atoms with E-state index in [2.05, 4.69) is 15.4 Å². The molecule has 0 aromatic heterocycles. The van der Waals surface area contributed by atoms with Gasteiger partial charge in [0.15, 0.2) is 0 Å². The molecule has 0 heterocycles. The van der Waals surface area contributed by atoms with Gasteiger partial charge in [0.25, 0.3) is 5.91 Å². The van der Waals surface area contributed by atoms with E-state index in [4.69, 9.17) is 5.21 Å². The molecule has 1 amide bonds. The summed E-state index contributed by atoms with van der Waals surface area (Å²) in [5, 5.41) is 13.2. The third-order valence-electron chi connectivity index (χ3n) is 1.51. The molecule has 76 valence electrons. The molecule has 0 aromatic rings. The minimum absolute atomic E-state index is 0.354. The molecular weight excluding hydrogens is 170 g/mol. The largest absolute Gasteiger partial charge is 0.411 e. The van der Waals surface area contributed by atoms with E-state index < -0.39 is 0 Å². The quantitative estimate of drug-likeness (QED) is 0.264. The summed E-state index contributed by atoms with van der Waals surface area (Å²) in [7, 11) is 4.02. The van der Waals surface area contributed by atoms with Crippen molar-refractivity contribution in [2.75, 3.05) is 27.2 Å². The van der Waals surface area contributed by atoms with Gasteiger partial charge in [0.05, 0.1) is 0 Å². The number of nitrogens with one attached hydrogen (secondary N) is 1. The molecule has 0 radical (unpaired) electrons. The highest BCUT2D eigenvalue weighted by atomic mass is 16.4. The maximum atomic E-state index is 10.7. The van der Waals surface area contributed by atoms with Crippen molar-refractivity contribution >= 4 is 12.1 Å². The summed E-state index contributed by atoms with van der Waals surface area (Å²) in [6.45, 7) is 1.64. The fraction of sp³-hybridized carbons (Fsp3) is 0.750. The Bertz CT molecular complexity index is 169. The minimum Gasteiger partial charge on any atom is -0.411 e. The molecular formula is C8H17N3O2. The third kappa shape index (κ3) is 8.81. The number of amides is 1. The van der Waals surface area contributed by atoms with Crippen LogP contribution < -0.4 is 5.32 Å². The number of unbranched alkanes of at least 4 members (excludes halogenated alkanes) is 1. The van der Waals surface area contributed by atoms with Gasteiger partial charge in [0, 0.05) is 6.54 Å². The van der Waals surface area contributed by atoms with E-state index in [1.807, 2.05) is 14.1 Å². The van der Waals surface area contributed by atoms with E-state index >= 15 is 0 Å². The second-order valence-corrected chi connectivity index (χ2v) is 3.05. The van der Waals surface area contributed by atoms with Gasteiger partial charge in [-0.05, 0) is 33.5 Å². The molecule has 0 aliphatic rings. The summed E-state index contributed by atoms with van der Waals surface area (Å²) in [5.74, 6) is -0.354. The Balaban J connectivity index is 3.21. The van der Waals surface area contributed by atoms with Crippen molar-refractivity contribution in [3.63, 3.8) is 0 Å². The number of hydrogen-bond donors (Lipinski definition) is 2. The topological polar surface area (TPSA) is 64.9 Å². The fourth-order valence-corrected chi connectivity index (χ4v) is 0.863. The maximum Gasteiger partial charge on any atom is 0.265 e. The van der Waals surface area contributed by atoms with Crippen LogP contribution in [0.1, 0.15) is 12.8 Å². The second kappa shape index (κ2) is 7.54. The van der Waals surface area contributed by atoms with Gasteiger partial charge < -0.3 is 15.4 Å². The Kier molecular flexibility index (Phi) is 6.91. The van der Waals surface area contributed by atoms with Crippen molar-refractivity contribution in [2.24, 2.45) is 5.16 Å². The molecule has 0 fully saturated rings. The smallest absolute Gasteiger partial charge is 0.265 e. The molecule has 0 atom stereocenters. The van der Waals surface area contributed by atoms with Gasteiger partial charge in [-0.15, -0.1) is 0 Å². The van der Waals surface area contributed by atoms with Crippen LogP contribution in [0.4, 0.5) is 0 Å². The van der Waals surface area contributed by atoms with Crippen LogP contribution >= 0.6 is 0 Å². The lowest BCUT2D eigenvalue weighted by Gasteiger charge is -2.08. The van der Waals surface area contributed by atoms with E-state index in [0.717, 1.165) is 25.6 Å². The molecule has 0 rings (SSSR count). The number of oxime groups is 1. The first-order valence-electron chi connectivity index (χ1n) is 4.27. The summed E-state index contributed by atoms with van der Waals surface area (Å²) in [5.41, 5.74) is 0. The highest BCUT2D eigenvalue weighted by Crippen LogP contribution is 1.88. The van der Waals surface area contributed by atoms with E-state index in [1.54, 1.807) is 0 Å². The normalized spacial score (nSPS) is 11.0. The number of nitrogens with zero attached hydrogens (tertiary/aromatic N) is 2. The Morgan fingerprint density at radius 1 is 1.54 bits per heavy atom. The van der Waals surface area contributed by atoms with Crippen molar-refractivity contribution in [3.8, 4) is 0 Å².